The minimum absolute atomic E-state index is 0.393. The van der Waals surface area contributed by atoms with E-state index in [0.29, 0.717) is 17.8 Å². The Morgan fingerprint density at radius 1 is 1.24 bits per heavy atom. The lowest BCUT2D eigenvalue weighted by Crippen LogP contribution is -2.38. The molecule has 1 aromatic carbocycles. The third-order valence-electron chi connectivity index (χ3n) is 3.78. The predicted molar refractivity (Wildman–Crippen MR) is 69.8 cm³/mol. The van der Waals surface area contributed by atoms with Crippen LogP contribution in [-0.4, -0.2) is 29.1 Å². The molecule has 0 bridgehead atoms. The number of nitrogens with two attached hydrogens (primary N) is 1. The third kappa shape index (κ3) is 3.20. The predicted octanol–water partition coefficient (Wildman–Crippen LogP) is 2.09. The molecule has 0 heterocycles. The molecule has 17 heavy (non-hydrogen) atoms. The number of rotatable bonds is 3. The fraction of sp³-hybridized carbons (Fsp3) is 0.571. The topological polar surface area (TPSA) is 49.5 Å². The van der Waals surface area contributed by atoms with Crippen molar-refractivity contribution in [1.29, 1.82) is 0 Å². The zero-order valence-corrected chi connectivity index (χ0v) is 10.5. The number of phenolic OH excluding ortho intramolecular Hbond substituents is 1. The Kier molecular flexibility index (Phi) is 4.02. The van der Waals surface area contributed by atoms with Crippen molar-refractivity contribution in [2.24, 2.45) is 5.73 Å². The first-order chi connectivity index (χ1) is 8.16. The van der Waals surface area contributed by atoms with Gasteiger partial charge in [-0.05, 0) is 38.8 Å². The molecule has 0 saturated heterocycles. The van der Waals surface area contributed by atoms with Crippen LogP contribution in [0.3, 0.4) is 0 Å². The van der Waals surface area contributed by atoms with Crippen LogP contribution in [0.5, 0.6) is 5.75 Å². The van der Waals surface area contributed by atoms with Crippen molar-refractivity contribution in [1.82, 2.24) is 4.90 Å². The van der Waals surface area contributed by atoms with Crippen molar-refractivity contribution in [3.63, 3.8) is 0 Å². The summed E-state index contributed by atoms with van der Waals surface area (Å²) in [5.41, 5.74) is 6.92. The number of hydrogen-bond donors (Lipinski definition) is 2. The molecule has 0 unspecified atom stereocenters. The number of phenols is 1. The van der Waals surface area contributed by atoms with Gasteiger partial charge in [0.15, 0.2) is 0 Å². The van der Waals surface area contributed by atoms with Crippen LogP contribution in [0.4, 0.5) is 0 Å². The fourth-order valence-electron chi connectivity index (χ4n) is 2.58. The number of aromatic hydroxyl groups is 1. The smallest absolute Gasteiger partial charge is 0.120 e. The van der Waals surface area contributed by atoms with Crippen LogP contribution in [-0.2, 0) is 6.54 Å². The molecule has 0 aliphatic heterocycles. The molecule has 0 aromatic heterocycles. The quantitative estimate of drug-likeness (QED) is 0.842. The molecule has 94 valence electrons. The molecule has 1 aliphatic carbocycles. The van der Waals surface area contributed by atoms with E-state index in [-0.39, 0.29) is 0 Å². The summed E-state index contributed by atoms with van der Waals surface area (Å²) in [7, 11) is 2.13. The summed E-state index contributed by atoms with van der Waals surface area (Å²) in [6, 6.07) is 8.57. The SMILES string of the molecule is CN(Cc1ccccc1O)C1CCC(N)CC1. The number of para-hydroxylation sites is 1. The van der Waals surface area contributed by atoms with Gasteiger partial charge in [0, 0.05) is 24.2 Å². The summed E-state index contributed by atoms with van der Waals surface area (Å²) in [6.45, 7) is 0.812. The minimum Gasteiger partial charge on any atom is -0.508 e. The average molecular weight is 234 g/mol. The van der Waals surface area contributed by atoms with Crippen molar-refractivity contribution >= 4 is 0 Å². The lowest BCUT2D eigenvalue weighted by molar-refractivity contribution is 0.175. The molecule has 1 fully saturated rings. The van der Waals surface area contributed by atoms with E-state index in [9.17, 15) is 5.11 Å². The molecule has 0 radical (unpaired) electrons. The highest BCUT2D eigenvalue weighted by Gasteiger charge is 2.22. The van der Waals surface area contributed by atoms with Crippen LogP contribution in [0.1, 0.15) is 31.2 Å². The van der Waals surface area contributed by atoms with E-state index in [0.717, 1.165) is 24.9 Å². The molecule has 2 rings (SSSR count). The minimum atomic E-state index is 0.393. The summed E-state index contributed by atoms with van der Waals surface area (Å²) in [4.78, 5) is 2.33. The summed E-state index contributed by atoms with van der Waals surface area (Å²) < 4.78 is 0. The first-order valence-electron chi connectivity index (χ1n) is 6.39. The molecule has 3 N–H and O–H groups in total. The van der Waals surface area contributed by atoms with Gasteiger partial charge in [-0.15, -0.1) is 0 Å². The molecule has 1 saturated carbocycles. The number of hydrogen-bond acceptors (Lipinski definition) is 3. The highest BCUT2D eigenvalue weighted by Crippen LogP contribution is 2.24. The van der Waals surface area contributed by atoms with Crippen LogP contribution in [0.2, 0.25) is 0 Å². The molecule has 0 atom stereocenters. The van der Waals surface area contributed by atoms with Gasteiger partial charge in [0.1, 0.15) is 5.75 Å². The summed E-state index contributed by atoms with van der Waals surface area (Å²) in [5.74, 6) is 0.395. The number of benzene rings is 1. The van der Waals surface area contributed by atoms with Gasteiger partial charge >= 0.3 is 0 Å². The van der Waals surface area contributed by atoms with Crippen molar-refractivity contribution < 1.29 is 5.11 Å². The van der Waals surface area contributed by atoms with E-state index >= 15 is 0 Å². The van der Waals surface area contributed by atoms with E-state index in [4.69, 9.17) is 5.73 Å². The third-order valence-corrected chi connectivity index (χ3v) is 3.78. The van der Waals surface area contributed by atoms with E-state index in [1.165, 1.54) is 12.8 Å². The lowest BCUT2D eigenvalue weighted by Gasteiger charge is -2.33. The maximum atomic E-state index is 9.75. The van der Waals surface area contributed by atoms with E-state index in [1.54, 1.807) is 6.07 Å². The summed E-state index contributed by atoms with van der Waals surface area (Å²) in [5, 5.41) is 9.75. The van der Waals surface area contributed by atoms with Crippen LogP contribution >= 0.6 is 0 Å². The Morgan fingerprint density at radius 2 is 1.88 bits per heavy atom. The van der Waals surface area contributed by atoms with Gasteiger partial charge in [-0.3, -0.25) is 4.90 Å². The number of nitrogens with zero attached hydrogens (tertiary/aromatic N) is 1. The lowest BCUT2D eigenvalue weighted by atomic mass is 9.91. The molecular weight excluding hydrogens is 212 g/mol. The van der Waals surface area contributed by atoms with Crippen molar-refractivity contribution in [2.45, 2.75) is 44.3 Å². The van der Waals surface area contributed by atoms with Gasteiger partial charge in [0.25, 0.3) is 0 Å². The second-order valence-corrected chi connectivity index (χ2v) is 5.11. The normalized spacial score (nSPS) is 25.1. The first kappa shape index (κ1) is 12.4. The van der Waals surface area contributed by atoms with E-state index in [2.05, 4.69) is 11.9 Å². The van der Waals surface area contributed by atoms with Crippen LogP contribution < -0.4 is 5.73 Å². The first-order valence-corrected chi connectivity index (χ1v) is 6.39. The Bertz CT molecular complexity index is 359. The van der Waals surface area contributed by atoms with Crippen molar-refractivity contribution in [3.8, 4) is 5.75 Å². The highest BCUT2D eigenvalue weighted by atomic mass is 16.3. The molecule has 1 aromatic rings. The van der Waals surface area contributed by atoms with Gasteiger partial charge in [-0.1, -0.05) is 18.2 Å². The Balaban J connectivity index is 1.93. The van der Waals surface area contributed by atoms with Gasteiger partial charge in [0.05, 0.1) is 0 Å². The highest BCUT2D eigenvalue weighted by molar-refractivity contribution is 5.31. The molecule has 3 heteroatoms. The standard InChI is InChI=1S/C14H22N2O/c1-16(13-8-6-12(15)7-9-13)10-11-4-2-3-5-14(11)17/h2-5,12-13,17H,6-10,15H2,1H3. The van der Waals surface area contributed by atoms with Gasteiger partial charge in [-0.2, -0.15) is 0 Å². The van der Waals surface area contributed by atoms with Crippen LogP contribution in [0, 0.1) is 0 Å². The largest absolute Gasteiger partial charge is 0.508 e. The van der Waals surface area contributed by atoms with Gasteiger partial charge in [0.2, 0.25) is 0 Å². The van der Waals surface area contributed by atoms with E-state index < -0.39 is 0 Å². The van der Waals surface area contributed by atoms with E-state index in [1.807, 2.05) is 18.2 Å². The second-order valence-electron chi connectivity index (χ2n) is 5.11. The maximum absolute atomic E-state index is 9.75. The van der Waals surface area contributed by atoms with Gasteiger partial charge < -0.3 is 10.8 Å². The van der Waals surface area contributed by atoms with Crippen molar-refractivity contribution in [3.05, 3.63) is 29.8 Å². The maximum Gasteiger partial charge on any atom is 0.120 e. The summed E-state index contributed by atoms with van der Waals surface area (Å²) >= 11 is 0. The molecular formula is C14H22N2O. The van der Waals surface area contributed by atoms with Crippen LogP contribution in [0.25, 0.3) is 0 Å². The van der Waals surface area contributed by atoms with Crippen molar-refractivity contribution in [2.75, 3.05) is 7.05 Å². The monoisotopic (exact) mass is 234 g/mol. The molecule has 3 nitrogen and oxygen atoms in total. The Morgan fingerprint density at radius 3 is 2.53 bits per heavy atom. The zero-order chi connectivity index (χ0) is 12.3. The zero-order valence-electron chi connectivity index (χ0n) is 10.5. The van der Waals surface area contributed by atoms with Crippen LogP contribution in [0.15, 0.2) is 24.3 Å². The fourth-order valence-corrected chi connectivity index (χ4v) is 2.58. The molecule has 1 aliphatic rings. The average Bonchev–Trinajstić information content (AvgIpc) is 2.33. The summed E-state index contributed by atoms with van der Waals surface area (Å²) in [6.07, 6.45) is 4.59. The molecule has 0 amide bonds. The second kappa shape index (κ2) is 5.52. The Labute approximate surface area is 103 Å². The molecule has 0 spiro atoms. The Hall–Kier alpha value is -1.06. The van der Waals surface area contributed by atoms with Gasteiger partial charge in [-0.25, -0.2) is 0 Å².